The maximum atomic E-state index is 4.07. The molecule has 0 atom stereocenters. The van der Waals surface area contributed by atoms with Gasteiger partial charge in [0.1, 0.15) is 5.52 Å². The molecule has 0 spiro atoms. The van der Waals surface area contributed by atoms with Crippen LogP contribution in [0, 0.1) is 0 Å². The molecule has 0 aliphatic carbocycles. The van der Waals surface area contributed by atoms with E-state index >= 15 is 0 Å². The molecule has 5 aromatic heterocycles. The van der Waals surface area contributed by atoms with Gasteiger partial charge in [-0.2, -0.15) is 0 Å². The van der Waals surface area contributed by atoms with Gasteiger partial charge in [0.2, 0.25) is 0 Å². The molecule has 7 nitrogen and oxygen atoms in total. The predicted molar refractivity (Wildman–Crippen MR) is 153 cm³/mol. The van der Waals surface area contributed by atoms with Crippen molar-refractivity contribution in [3.8, 4) is 0 Å². The van der Waals surface area contributed by atoms with Gasteiger partial charge in [-0.3, -0.25) is 9.97 Å². The molecular weight excluding hydrogens is 458 g/mol. The minimum Gasteiger partial charge on any atom is -0.358 e. The second-order valence-corrected chi connectivity index (χ2v) is 10.3. The highest BCUT2D eigenvalue weighted by molar-refractivity contribution is 5.80. The highest BCUT2D eigenvalue weighted by Gasteiger charge is 2.05. The molecule has 192 valence electrons. The molecule has 0 unspecified atom stereocenters. The molecule has 0 radical (unpaired) electrons. The van der Waals surface area contributed by atoms with Crippen LogP contribution in [0.25, 0.3) is 32.8 Å². The van der Waals surface area contributed by atoms with Gasteiger partial charge in [0.25, 0.3) is 0 Å². The van der Waals surface area contributed by atoms with E-state index in [0.29, 0.717) is 17.8 Å². The zero-order valence-electron chi connectivity index (χ0n) is 22.8. The molecule has 0 aliphatic heterocycles. The topological polar surface area (TPSA) is 88.1 Å². The third kappa shape index (κ3) is 6.23. The number of aromatic amines is 2. The van der Waals surface area contributed by atoms with Crippen LogP contribution in [-0.2, 0) is 7.05 Å². The Morgan fingerprint density at radius 3 is 1.97 bits per heavy atom. The van der Waals surface area contributed by atoms with E-state index < -0.39 is 0 Å². The van der Waals surface area contributed by atoms with Gasteiger partial charge >= 0.3 is 0 Å². The Balaban J connectivity index is 0.000000130. The number of H-pyrrole nitrogens is 2. The average molecular weight is 496 g/mol. The standard InChI is InChI=1S/C10H13N3.2C10H12N2/c1-7(2)8-4-5-10-9(6-8)11-12-13(10)3;1-7(2)10-5-8-6-11-4-3-9(8)12-10;1-7(2)9-5-8-3-4-11-6-10(8)12-9/h4-7H,1-3H3;2*3-7,12H,1-2H3. The Bertz CT molecular complexity index is 1440. The molecule has 6 aromatic rings. The highest BCUT2D eigenvalue weighted by atomic mass is 15.4. The minimum absolute atomic E-state index is 0.548. The number of aromatic nitrogens is 7. The number of benzene rings is 1. The average Bonchev–Trinajstić information content (AvgIpc) is 3.61. The van der Waals surface area contributed by atoms with E-state index in [4.69, 9.17) is 0 Å². The van der Waals surface area contributed by atoms with Crippen LogP contribution < -0.4 is 0 Å². The summed E-state index contributed by atoms with van der Waals surface area (Å²) in [4.78, 5) is 14.8. The summed E-state index contributed by atoms with van der Waals surface area (Å²) >= 11 is 0. The Morgan fingerprint density at radius 1 is 0.676 bits per heavy atom. The summed E-state index contributed by atoms with van der Waals surface area (Å²) < 4.78 is 1.79. The molecule has 2 N–H and O–H groups in total. The van der Waals surface area contributed by atoms with Gasteiger partial charge in [0, 0.05) is 53.3 Å². The van der Waals surface area contributed by atoms with E-state index in [1.807, 2.05) is 44.0 Å². The molecule has 0 saturated carbocycles. The summed E-state index contributed by atoms with van der Waals surface area (Å²) in [6.07, 6.45) is 7.38. The van der Waals surface area contributed by atoms with Gasteiger partial charge < -0.3 is 9.97 Å². The lowest BCUT2D eigenvalue weighted by Gasteiger charge is -2.03. The van der Waals surface area contributed by atoms with Crippen LogP contribution in [0.5, 0.6) is 0 Å². The summed E-state index contributed by atoms with van der Waals surface area (Å²) in [5.74, 6) is 1.65. The second kappa shape index (κ2) is 11.4. The zero-order chi connectivity index (χ0) is 26.5. The Labute approximate surface area is 218 Å². The Kier molecular flexibility index (Phi) is 8.01. The fraction of sp³-hybridized carbons (Fsp3) is 0.333. The first-order valence-electron chi connectivity index (χ1n) is 12.9. The van der Waals surface area contributed by atoms with E-state index in [2.05, 4.69) is 102 Å². The third-order valence-electron chi connectivity index (χ3n) is 6.43. The first kappa shape index (κ1) is 26.1. The maximum Gasteiger partial charge on any atom is 0.113 e. The number of nitrogens with one attached hydrogen (secondary N) is 2. The van der Waals surface area contributed by atoms with Crippen LogP contribution in [0.3, 0.4) is 0 Å². The first-order chi connectivity index (χ1) is 17.7. The van der Waals surface area contributed by atoms with Crippen molar-refractivity contribution in [1.82, 2.24) is 34.9 Å². The Morgan fingerprint density at radius 2 is 1.32 bits per heavy atom. The van der Waals surface area contributed by atoms with Gasteiger partial charge in [-0.1, -0.05) is 52.8 Å². The summed E-state index contributed by atoms with van der Waals surface area (Å²) in [6.45, 7) is 13.1. The molecule has 5 heterocycles. The fourth-order valence-corrected chi connectivity index (χ4v) is 4.03. The molecule has 0 amide bonds. The molecule has 0 aliphatic rings. The van der Waals surface area contributed by atoms with Crippen molar-refractivity contribution in [2.45, 2.75) is 59.3 Å². The lowest BCUT2D eigenvalue weighted by molar-refractivity contribution is 0.736. The van der Waals surface area contributed by atoms with Crippen LogP contribution in [0.4, 0.5) is 0 Å². The SMILES string of the molecule is CC(C)c1cc2ccncc2[nH]1.CC(C)c1cc2cnccc2[nH]1.CC(C)c1ccc2c(c1)nnn2C. The molecule has 7 heteroatoms. The molecule has 6 rings (SSSR count). The van der Waals surface area contributed by atoms with Gasteiger partial charge in [-0.15, -0.1) is 5.10 Å². The molecule has 37 heavy (non-hydrogen) atoms. The number of fused-ring (bicyclic) bond motifs is 3. The summed E-state index contributed by atoms with van der Waals surface area (Å²) in [7, 11) is 1.91. The van der Waals surface area contributed by atoms with Crippen molar-refractivity contribution in [3.63, 3.8) is 0 Å². The Hall–Kier alpha value is -4.00. The van der Waals surface area contributed by atoms with Gasteiger partial charge in [0.15, 0.2) is 0 Å². The third-order valence-corrected chi connectivity index (χ3v) is 6.43. The van der Waals surface area contributed by atoms with Gasteiger partial charge in [-0.25, -0.2) is 4.68 Å². The smallest absolute Gasteiger partial charge is 0.113 e. The zero-order valence-corrected chi connectivity index (χ0v) is 22.8. The number of hydrogen-bond donors (Lipinski definition) is 2. The number of rotatable bonds is 3. The van der Waals surface area contributed by atoms with Crippen LogP contribution in [0.1, 0.15) is 76.2 Å². The van der Waals surface area contributed by atoms with Crippen LogP contribution >= 0.6 is 0 Å². The molecule has 0 saturated heterocycles. The van der Waals surface area contributed by atoms with E-state index in [1.165, 1.54) is 33.2 Å². The van der Waals surface area contributed by atoms with E-state index in [0.717, 1.165) is 16.6 Å². The van der Waals surface area contributed by atoms with E-state index in [9.17, 15) is 0 Å². The normalized spacial score (nSPS) is 11.3. The van der Waals surface area contributed by atoms with Gasteiger partial charge in [0.05, 0.1) is 17.2 Å². The molecule has 0 fully saturated rings. The second-order valence-electron chi connectivity index (χ2n) is 10.3. The first-order valence-corrected chi connectivity index (χ1v) is 12.9. The summed E-state index contributed by atoms with van der Waals surface area (Å²) in [5.41, 5.74) is 8.23. The number of aryl methyl sites for hydroxylation is 1. The molecule has 0 bridgehead atoms. The van der Waals surface area contributed by atoms with Crippen molar-refractivity contribution < 1.29 is 0 Å². The maximum absolute atomic E-state index is 4.07. The monoisotopic (exact) mass is 495 g/mol. The fourth-order valence-electron chi connectivity index (χ4n) is 4.03. The van der Waals surface area contributed by atoms with Crippen molar-refractivity contribution in [1.29, 1.82) is 0 Å². The van der Waals surface area contributed by atoms with Crippen LogP contribution in [-0.4, -0.2) is 34.9 Å². The largest absolute Gasteiger partial charge is 0.358 e. The molecule has 1 aromatic carbocycles. The highest BCUT2D eigenvalue weighted by Crippen LogP contribution is 2.21. The van der Waals surface area contributed by atoms with Gasteiger partial charge in [-0.05, 0) is 59.7 Å². The molecular formula is C30H37N7. The predicted octanol–water partition coefficient (Wildman–Crippen LogP) is 7.46. The summed E-state index contributed by atoms with van der Waals surface area (Å²) in [5, 5.41) is 10.5. The minimum atomic E-state index is 0.548. The summed E-state index contributed by atoms with van der Waals surface area (Å²) in [6, 6.07) is 14.7. The quantitative estimate of drug-likeness (QED) is 0.267. The number of hydrogen-bond acceptors (Lipinski definition) is 4. The lowest BCUT2D eigenvalue weighted by Crippen LogP contribution is -1.90. The van der Waals surface area contributed by atoms with Crippen molar-refractivity contribution in [2.75, 3.05) is 0 Å². The van der Waals surface area contributed by atoms with E-state index in [-0.39, 0.29) is 0 Å². The number of pyridine rings is 2. The van der Waals surface area contributed by atoms with Crippen LogP contribution in [0.15, 0.2) is 67.3 Å². The van der Waals surface area contributed by atoms with Crippen molar-refractivity contribution >= 4 is 32.8 Å². The van der Waals surface area contributed by atoms with E-state index in [1.54, 1.807) is 4.68 Å². The number of nitrogens with zero attached hydrogens (tertiary/aromatic N) is 5. The van der Waals surface area contributed by atoms with Crippen molar-refractivity contribution in [2.24, 2.45) is 7.05 Å². The van der Waals surface area contributed by atoms with Crippen molar-refractivity contribution in [3.05, 3.63) is 84.2 Å². The van der Waals surface area contributed by atoms with Crippen LogP contribution in [0.2, 0.25) is 0 Å². The lowest BCUT2D eigenvalue weighted by atomic mass is 10.0.